The molecule has 1 aliphatic carbocycles. The molecule has 0 N–H and O–H groups in total. The average molecular weight is 460 g/mol. The first kappa shape index (κ1) is 23.5. The molecule has 6 heteroatoms. The predicted molar refractivity (Wildman–Crippen MR) is 130 cm³/mol. The van der Waals surface area contributed by atoms with Crippen molar-refractivity contribution in [2.24, 2.45) is 0 Å². The van der Waals surface area contributed by atoms with E-state index in [1.807, 2.05) is 48.2 Å². The number of likely N-dealkylation sites (tertiary alicyclic amines) is 1. The second kappa shape index (κ2) is 9.67. The molecule has 2 aromatic rings. The molecular weight excluding hydrogens is 430 g/mol. The van der Waals surface area contributed by atoms with Gasteiger partial charge >= 0.3 is 0 Å². The van der Waals surface area contributed by atoms with E-state index in [9.17, 15) is 14.4 Å². The Bertz CT molecular complexity index is 1220. The monoisotopic (exact) mass is 459 g/mol. The van der Waals surface area contributed by atoms with E-state index >= 15 is 0 Å². The number of amides is 1. The normalized spacial score (nSPS) is 16.8. The molecule has 1 amide bonds. The van der Waals surface area contributed by atoms with Crippen molar-refractivity contribution in [3.63, 3.8) is 0 Å². The number of hydrogen-bond acceptors (Lipinski definition) is 5. The van der Waals surface area contributed by atoms with Crippen molar-refractivity contribution in [3.05, 3.63) is 76.2 Å². The third-order valence-electron chi connectivity index (χ3n) is 6.53. The van der Waals surface area contributed by atoms with Crippen molar-refractivity contribution >= 4 is 23.0 Å². The number of piperidine rings is 1. The van der Waals surface area contributed by atoms with Gasteiger partial charge in [0.25, 0.3) is 5.91 Å². The molecule has 1 heterocycles. The van der Waals surface area contributed by atoms with Crippen LogP contribution in [0.25, 0.3) is 16.7 Å². The SMILES string of the molecule is COC1=C(OC)C(=O)C(c2cc(C)c(-c3ccccc3)c(C(=O)N3CCCCC3)c2)=C(C)C1=O. The second-order valence-corrected chi connectivity index (χ2v) is 8.66. The maximum Gasteiger partial charge on any atom is 0.254 e. The van der Waals surface area contributed by atoms with Crippen LogP contribution in [0.2, 0.25) is 0 Å². The molecule has 4 rings (SSSR count). The topological polar surface area (TPSA) is 72.9 Å². The van der Waals surface area contributed by atoms with Crippen LogP contribution in [-0.4, -0.2) is 49.7 Å². The molecule has 0 spiro atoms. The summed E-state index contributed by atoms with van der Waals surface area (Å²) < 4.78 is 10.4. The van der Waals surface area contributed by atoms with E-state index in [2.05, 4.69) is 0 Å². The smallest absolute Gasteiger partial charge is 0.254 e. The number of benzene rings is 2. The summed E-state index contributed by atoms with van der Waals surface area (Å²) in [4.78, 5) is 41.9. The van der Waals surface area contributed by atoms with E-state index in [0.29, 0.717) is 24.2 Å². The number of ketones is 2. The Hall–Kier alpha value is -3.67. The molecule has 1 aliphatic heterocycles. The van der Waals surface area contributed by atoms with Gasteiger partial charge in [-0.2, -0.15) is 0 Å². The first-order valence-corrected chi connectivity index (χ1v) is 11.5. The van der Waals surface area contributed by atoms with Crippen LogP contribution >= 0.6 is 0 Å². The molecule has 0 saturated carbocycles. The fourth-order valence-corrected chi connectivity index (χ4v) is 4.85. The number of aryl methyl sites for hydroxylation is 1. The van der Waals surface area contributed by atoms with Crippen molar-refractivity contribution in [2.45, 2.75) is 33.1 Å². The number of allylic oxidation sites excluding steroid dienone is 2. The van der Waals surface area contributed by atoms with Crippen LogP contribution < -0.4 is 0 Å². The van der Waals surface area contributed by atoms with E-state index in [1.165, 1.54) is 14.2 Å². The van der Waals surface area contributed by atoms with Crippen molar-refractivity contribution < 1.29 is 23.9 Å². The average Bonchev–Trinajstić information content (AvgIpc) is 2.86. The predicted octanol–water partition coefficient (Wildman–Crippen LogP) is 4.72. The summed E-state index contributed by atoms with van der Waals surface area (Å²) in [5.74, 6) is -1.11. The van der Waals surface area contributed by atoms with E-state index in [1.54, 1.807) is 13.0 Å². The Morgan fingerprint density at radius 3 is 2.06 bits per heavy atom. The van der Waals surface area contributed by atoms with E-state index in [4.69, 9.17) is 9.47 Å². The van der Waals surface area contributed by atoms with Gasteiger partial charge in [-0.1, -0.05) is 36.4 Å². The van der Waals surface area contributed by atoms with Crippen molar-refractivity contribution in [3.8, 4) is 11.1 Å². The fraction of sp³-hybridized carbons (Fsp3) is 0.321. The number of Topliss-reactive ketones (excluding diaryl/α,β-unsaturated/α-hetero) is 2. The molecule has 176 valence electrons. The Kier molecular flexibility index (Phi) is 6.68. The summed E-state index contributed by atoms with van der Waals surface area (Å²) in [6.45, 7) is 4.96. The van der Waals surface area contributed by atoms with Crippen LogP contribution in [0.3, 0.4) is 0 Å². The number of hydrogen-bond donors (Lipinski definition) is 0. The van der Waals surface area contributed by atoms with E-state index in [0.717, 1.165) is 36.0 Å². The lowest BCUT2D eigenvalue weighted by molar-refractivity contribution is -0.119. The quantitative estimate of drug-likeness (QED) is 0.605. The number of methoxy groups -OCH3 is 2. The number of carbonyl (C=O) groups is 3. The highest BCUT2D eigenvalue weighted by Gasteiger charge is 2.36. The third-order valence-corrected chi connectivity index (χ3v) is 6.53. The first-order chi connectivity index (χ1) is 16.4. The van der Waals surface area contributed by atoms with Gasteiger partial charge < -0.3 is 14.4 Å². The molecule has 2 aromatic carbocycles. The molecule has 6 nitrogen and oxygen atoms in total. The van der Waals surface area contributed by atoms with Crippen LogP contribution in [-0.2, 0) is 19.1 Å². The number of carbonyl (C=O) groups excluding carboxylic acids is 3. The molecular formula is C28H29NO5. The summed E-state index contributed by atoms with van der Waals surface area (Å²) in [5, 5.41) is 0. The lowest BCUT2D eigenvalue weighted by Crippen LogP contribution is -2.36. The largest absolute Gasteiger partial charge is 0.489 e. The number of ether oxygens (including phenoxy) is 2. The van der Waals surface area contributed by atoms with E-state index in [-0.39, 0.29) is 28.6 Å². The summed E-state index contributed by atoms with van der Waals surface area (Å²) in [7, 11) is 2.68. The van der Waals surface area contributed by atoms with Gasteiger partial charge in [0, 0.05) is 29.8 Å². The summed E-state index contributed by atoms with van der Waals surface area (Å²) >= 11 is 0. The van der Waals surface area contributed by atoms with Crippen molar-refractivity contribution in [1.82, 2.24) is 4.90 Å². The van der Waals surface area contributed by atoms with E-state index < -0.39 is 11.6 Å². The van der Waals surface area contributed by atoms with Gasteiger partial charge in [-0.3, -0.25) is 14.4 Å². The van der Waals surface area contributed by atoms with Crippen LogP contribution in [0.15, 0.2) is 59.6 Å². The zero-order valence-electron chi connectivity index (χ0n) is 20.1. The number of nitrogens with zero attached hydrogens (tertiary/aromatic N) is 1. The molecule has 0 radical (unpaired) electrons. The molecule has 2 aliphatic rings. The Morgan fingerprint density at radius 2 is 1.44 bits per heavy atom. The highest BCUT2D eigenvalue weighted by atomic mass is 16.5. The van der Waals surface area contributed by atoms with Crippen LogP contribution in [0.1, 0.15) is 47.7 Å². The molecule has 1 fully saturated rings. The second-order valence-electron chi connectivity index (χ2n) is 8.66. The molecule has 0 atom stereocenters. The summed E-state index contributed by atoms with van der Waals surface area (Å²) in [6, 6.07) is 13.4. The van der Waals surface area contributed by atoms with Crippen LogP contribution in [0.5, 0.6) is 0 Å². The first-order valence-electron chi connectivity index (χ1n) is 11.5. The third kappa shape index (κ3) is 4.04. The van der Waals surface area contributed by atoms with Gasteiger partial charge in [-0.05, 0) is 61.4 Å². The van der Waals surface area contributed by atoms with Crippen LogP contribution in [0, 0.1) is 6.92 Å². The minimum atomic E-state index is -0.431. The van der Waals surface area contributed by atoms with Crippen LogP contribution in [0.4, 0.5) is 0 Å². The van der Waals surface area contributed by atoms with Crippen molar-refractivity contribution in [1.29, 1.82) is 0 Å². The zero-order valence-corrected chi connectivity index (χ0v) is 20.1. The minimum Gasteiger partial charge on any atom is -0.489 e. The van der Waals surface area contributed by atoms with Gasteiger partial charge in [0.2, 0.25) is 23.1 Å². The highest BCUT2D eigenvalue weighted by Crippen LogP contribution is 2.37. The molecule has 1 saturated heterocycles. The summed E-state index contributed by atoms with van der Waals surface area (Å²) in [6.07, 6.45) is 3.07. The molecule has 34 heavy (non-hydrogen) atoms. The standard InChI is InChI=1S/C28H29NO5/c1-17-15-20(23-18(2)24(30)26(33-3)27(34-4)25(23)31)16-21(22(17)19-11-7-5-8-12-19)28(32)29-13-9-6-10-14-29/h5,7-8,11-12,15-16H,6,9-10,13-14H2,1-4H3. The molecule has 0 unspecified atom stereocenters. The minimum absolute atomic E-state index is 0.0589. The highest BCUT2D eigenvalue weighted by molar-refractivity contribution is 6.38. The van der Waals surface area contributed by atoms with Gasteiger partial charge in [-0.25, -0.2) is 0 Å². The van der Waals surface area contributed by atoms with Gasteiger partial charge in [0.15, 0.2) is 0 Å². The molecule has 0 bridgehead atoms. The van der Waals surface area contributed by atoms with Gasteiger partial charge in [0.05, 0.1) is 14.2 Å². The van der Waals surface area contributed by atoms with Gasteiger partial charge in [0.1, 0.15) is 0 Å². The zero-order chi connectivity index (χ0) is 24.4. The molecule has 0 aromatic heterocycles. The Labute approximate surface area is 199 Å². The lowest BCUT2D eigenvalue weighted by Gasteiger charge is -2.28. The van der Waals surface area contributed by atoms with Gasteiger partial charge in [-0.15, -0.1) is 0 Å². The summed E-state index contributed by atoms with van der Waals surface area (Å²) in [5.41, 5.74) is 4.19. The maximum absolute atomic E-state index is 13.7. The fourth-order valence-electron chi connectivity index (χ4n) is 4.85. The maximum atomic E-state index is 13.7. The lowest BCUT2D eigenvalue weighted by atomic mass is 9.84. The Morgan fingerprint density at radius 1 is 0.824 bits per heavy atom. The van der Waals surface area contributed by atoms with Crippen molar-refractivity contribution in [2.75, 3.05) is 27.3 Å². The Balaban J connectivity index is 1.91. The number of rotatable bonds is 5.